The number of carbonyl (C=O) groups excluding carboxylic acids is 1. The molecule has 1 rings (SSSR count). The molecule has 1 heterocycles. The average molecular weight is 117 g/mol. The van der Waals surface area contributed by atoms with Gasteiger partial charge < -0.3 is 10.1 Å². The molecule has 7 heavy (non-hydrogen) atoms. The summed E-state index contributed by atoms with van der Waals surface area (Å²) in [5.41, 5.74) is 0. The van der Waals surface area contributed by atoms with E-state index in [1.807, 2.05) is 0 Å². The highest BCUT2D eigenvalue weighted by atomic mass is 32.2. The Balaban J connectivity index is 2.26. The van der Waals surface area contributed by atoms with Crippen LogP contribution in [-0.2, 0) is 4.79 Å². The van der Waals surface area contributed by atoms with Crippen LogP contribution >= 0.6 is 11.8 Å². The van der Waals surface area contributed by atoms with Gasteiger partial charge in [0.1, 0.15) is 6.29 Å². The molecule has 1 aliphatic rings. The summed E-state index contributed by atoms with van der Waals surface area (Å²) in [4.78, 5) is 9.95. The Morgan fingerprint density at radius 1 is 1.86 bits per heavy atom. The largest absolute Gasteiger partial charge is 0.306 e. The monoisotopic (exact) mass is 117 g/mol. The van der Waals surface area contributed by atoms with Crippen molar-refractivity contribution in [3.8, 4) is 0 Å². The first kappa shape index (κ1) is 5.12. The van der Waals surface area contributed by atoms with E-state index in [1.54, 1.807) is 11.8 Å². The zero-order valence-electron chi connectivity index (χ0n) is 3.89. The van der Waals surface area contributed by atoms with Gasteiger partial charge in [0.15, 0.2) is 0 Å². The summed E-state index contributed by atoms with van der Waals surface area (Å²) in [7, 11) is 0. The molecule has 0 spiro atoms. The van der Waals surface area contributed by atoms with Gasteiger partial charge in [-0.05, 0) is 0 Å². The van der Waals surface area contributed by atoms with Gasteiger partial charge in [-0.25, -0.2) is 0 Å². The van der Waals surface area contributed by atoms with Crippen molar-refractivity contribution in [2.24, 2.45) is 0 Å². The molecule has 2 nitrogen and oxygen atoms in total. The number of hydrogen-bond donors (Lipinski definition) is 1. The first-order chi connectivity index (χ1) is 3.43. The fraction of sp³-hybridized carbons (Fsp3) is 0.750. The van der Waals surface area contributed by atoms with E-state index < -0.39 is 0 Å². The fourth-order valence-corrected chi connectivity index (χ4v) is 1.28. The van der Waals surface area contributed by atoms with E-state index in [1.165, 1.54) is 0 Å². The van der Waals surface area contributed by atoms with Crippen molar-refractivity contribution >= 4 is 18.0 Å². The lowest BCUT2D eigenvalue weighted by Crippen LogP contribution is -2.12. The van der Waals surface area contributed by atoms with Crippen LogP contribution in [0.15, 0.2) is 0 Å². The van der Waals surface area contributed by atoms with Gasteiger partial charge in [-0.1, -0.05) is 0 Å². The maximum absolute atomic E-state index is 9.95. The highest BCUT2D eigenvalue weighted by Crippen LogP contribution is 2.10. The summed E-state index contributed by atoms with van der Waals surface area (Å²) in [6, 6.07) is 0. The van der Waals surface area contributed by atoms with Crippen LogP contribution < -0.4 is 5.32 Å². The summed E-state index contributed by atoms with van der Waals surface area (Å²) < 4.78 is 0. The Labute approximate surface area is 46.7 Å². The third kappa shape index (κ3) is 1.17. The second-order valence-electron chi connectivity index (χ2n) is 1.44. The minimum Gasteiger partial charge on any atom is -0.306 e. The summed E-state index contributed by atoms with van der Waals surface area (Å²) in [6.07, 6.45) is 0.991. The van der Waals surface area contributed by atoms with Gasteiger partial charge >= 0.3 is 0 Å². The van der Waals surface area contributed by atoms with Crippen molar-refractivity contribution in [2.45, 2.75) is 5.25 Å². The van der Waals surface area contributed by atoms with Crippen LogP contribution in [0.2, 0.25) is 0 Å². The molecule has 0 unspecified atom stereocenters. The van der Waals surface area contributed by atoms with Crippen molar-refractivity contribution in [2.75, 3.05) is 12.4 Å². The summed E-state index contributed by atoms with van der Waals surface area (Å²) in [5, 5.41) is 3.28. The van der Waals surface area contributed by atoms with Crippen molar-refractivity contribution in [3.05, 3.63) is 0 Å². The van der Waals surface area contributed by atoms with Crippen molar-refractivity contribution in [3.63, 3.8) is 0 Å². The number of nitrogens with one attached hydrogen (secondary N) is 1. The maximum atomic E-state index is 9.95. The lowest BCUT2D eigenvalue weighted by molar-refractivity contribution is -0.107. The number of aldehydes is 1. The summed E-state index contributed by atoms with van der Waals surface area (Å²) in [5.74, 6) is 0.934. The van der Waals surface area contributed by atoms with Crippen LogP contribution in [0.5, 0.6) is 0 Å². The van der Waals surface area contributed by atoms with Crippen LogP contribution in [0.3, 0.4) is 0 Å². The highest BCUT2D eigenvalue weighted by molar-refractivity contribution is 8.00. The molecular weight excluding hydrogens is 110 g/mol. The van der Waals surface area contributed by atoms with Crippen LogP contribution in [-0.4, -0.2) is 24.0 Å². The molecule has 0 saturated carbocycles. The Kier molecular flexibility index (Phi) is 1.70. The minimum atomic E-state index is 0.222. The maximum Gasteiger partial charge on any atom is 0.134 e. The number of carbonyl (C=O) groups is 1. The molecule has 0 bridgehead atoms. The van der Waals surface area contributed by atoms with E-state index in [4.69, 9.17) is 0 Å². The van der Waals surface area contributed by atoms with E-state index in [2.05, 4.69) is 5.32 Å². The van der Waals surface area contributed by atoms with E-state index in [9.17, 15) is 4.79 Å². The van der Waals surface area contributed by atoms with Crippen LogP contribution in [0.1, 0.15) is 0 Å². The first-order valence-corrected chi connectivity index (χ1v) is 3.26. The lowest BCUT2D eigenvalue weighted by Gasteiger charge is -1.88. The Hall–Kier alpha value is -0.0200. The molecule has 0 radical (unpaired) electrons. The van der Waals surface area contributed by atoms with Crippen LogP contribution in [0, 0.1) is 0 Å². The topological polar surface area (TPSA) is 29.1 Å². The Morgan fingerprint density at radius 3 is 3.00 bits per heavy atom. The molecule has 40 valence electrons. The third-order valence-corrected chi connectivity index (χ3v) is 1.97. The molecule has 3 heteroatoms. The molecular formula is C4H7NOS. The van der Waals surface area contributed by atoms with Gasteiger partial charge in [-0.15, -0.1) is 11.8 Å². The zero-order chi connectivity index (χ0) is 5.11. The first-order valence-electron chi connectivity index (χ1n) is 2.21. The van der Waals surface area contributed by atoms with Gasteiger partial charge in [0.25, 0.3) is 0 Å². The zero-order valence-corrected chi connectivity index (χ0v) is 4.70. The van der Waals surface area contributed by atoms with Gasteiger partial charge in [0.05, 0.1) is 5.25 Å². The standard InChI is InChI=1S/C4H7NOS/c6-2-4-1-5-3-7-4/h2,4-5H,1,3H2/t4-/m1/s1. The number of thioether (sulfide) groups is 1. The summed E-state index contributed by atoms with van der Waals surface area (Å²) in [6.45, 7) is 0.855. The molecule has 1 aliphatic heterocycles. The normalized spacial score (nSPS) is 30.6. The van der Waals surface area contributed by atoms with Gasteiger partial charge in [0, 0.05) is 12.4 Å². The van der Waals surface area contributed by atoms with Crippen molar-refractivity contribution < 1.29 is 4.79 Å². The fourth-order valence-electron chi connectivity index (χ4n) is 0.513. The molecule has 0 aromatic carbocycles. The predicted molar refractivity (Wildman–Crippen MR) is 30.3 cm³/mol. The molecule has 0 aromatic rings. The second kappa shape index (κ2) is 2.33. The molecule has 0 amide bonds. The van der Waals surface area contributed by atoms with E-state index >= 15 is 0 Å². The van der Waals surface area contributed by atoms with Gasteiger partial charge in [-0.3, -0.25) is 0 Å². The number of hydrogen-bond acceptors (Lipinski definition) is 3. The Bertz CT molecular complexity index is 70.1. The molecule has 1 atom stereocenters. The minimum absolute atomic E-state index is 0.222. The summed E-state index contributed by atoms with van der Waals surface area (Å²) >= 11 is 1.66. The van der Waals surface area contributed by atoms with Gasteiger partial charge in [0.2, 0.25) is 0 Å². The average Bonchev–Trinajstić information content (AvgIpc) is 2.14. The number of rotatable bonds is 1. The Morgan fingerprint density at radius 2 is 2.71 bits per heavy atom. The quantitative estimate of drug-likeness (QED) is 0.484. The van der Waals surface area contributed by atoms with Crippen LogP contribution in [0.25, 0.3) is 0 Å². The highest BCUT2D eigenvalue weighted by Gasteiger charge is 2.11. The van der Waals surface area contributed by atoms with E-state index in [0.717, 1.165) is 18.7 Å². The third-order valence-electron chi connectivity index (χ3n) is 0.897. The van der Waals surface area contributed by atoms with Crippen LogP contribution in [0.4, 0.5) is 0 Å². The molecule has 0 aliphatic carbocycles. The molecule has 1 fully saturated rings. The lowest BCUT2D eigenvalue weighted by atomic mass is 10.5. The van der Waals surface area contributed by atoms with E-state index in [0.29, 0.717) is 0 Å². The predicted octanol–water partition coefficient (Wildman–Crippen LogP) is -0.152. The van der Waals surface area contributed by atoms with E-state index in [-0.39, 0.29) is 5.25 Å². The molecule has 1 saturated heterocycles. The van der Waals surface area contributed by atoms with Gasteiger partial charge in [-0.2, -0.15) is 0 Å². The molecule has 0 aromatic heterocycles. The molecule has 1 N–H and O–H groups in total. The SMILES string of the molecule is O=C[C@H]1CNCS1. The van der Waals surface area contributed by atoms with Crippen molar-refractivity contribution in [1.29, 1.82) is 0 Å². The second-order valence-corrected chi connectivity index (χ2v) is 2.67. The van der Waals surface area contributed by atoms with Crippen molar-refractivity contribution in [1.82, 2.24) is 5.32 Å². The smallest absolute Gasteiger partial charge is 0.134 e.